The standard InChI is InChI=1S/C20H37N5O2S.HI/c1-7-8-10-16(13-23-19(26)27-20(3,4)5)25-18(21-6)22-12-9-11-17-24-15(2)14-28-17;/h14,16H,7-13H2,1-6H3,(H,23,26)(H2,21,22,25);1H. The molecule has 0 fully saturated rings. The molecule has 0 spiro atoms. The Balaban J connectivity index is 0.00000784. The molecule has 168 valence electrons. The number of carbonyl (C=O) groups is 1. The minimum atomic E-state index is -0.496. The van der Waals surface area contributed by atoms with Crippen molar-refractivity contribution in [3.63, 3.8) is 0 Å². The maximum atomic E-state index is 11.9. The first kappa shape index (κ1) is 27.9. The molecule has 1 aromatic rings. The molecule has 0 aromatic carbocycles. The largest absolute Gasteiger partial charge is 0.444 e. The lowest BCUT2D eigenvalue weighted by atomic mass is 10.1. The fraction of sp³-hybridized carbons (Fsp3) is 0.750. The summed E-state index contributed by atoms with van der Waals surface area (Å²) in [5.74, 6) is 0.752. The van der Waals surface area contributed by atoms with Crippen molar-refractivity contribution in [2.75, 3.05) is 20.1 Å². The molecule has 1 unspecified atom stereocenters. The first-order chi connectivity index (χ1) is 13.2. The monoisotopic (exact) mass is 539 g/mol. The third kappa shape index (κ3) is 13.7. The summed E-state index contributed by atoms with van der Waals surface area (Å²) >= 11 is 1.71. The van der Waals surface area contributed by atoms with E-state index in [1.54, 1.807) is 18.4 Å². The number of guanidine groups is 1. The summed E-state index contributed by atoms with van der Waals surface area (Å²) in [7, 11) is 1.76. The Kier molecular flexibility index (Phi) is 14.3. The summed E-state index contributed by atoms with van der Waals surface area (Å²) in [6.45, 7) is 11.1. The van der Waals surface area contributed by atoms with Crippen LogP contribution in [0.3, 0.4) is 0 Å². The van der Waals surface area contributed by atoms with Gasteiger partial charge in [-0.3, -0.25) is 4.99 Å². The van der Waals surface area contributed by atoms with Crippen molar-refractivity contribution >= 4 is 47.4 Å². The highest BCUT2D eigenvalue weighted by Gasteiger charge is 2.18. The number of hydrogen-bond acceptors (Lipinski definition) is 5. The van der Waals surface area contributed by atoms with E-state index in [2.05, 4.69) is 38.2 Å². The molecule has 0 bridgehead atoms. The van der Waals surface area contributed by atoms with Gasteiger partial charge in [0.25, 0.3) is 0 Å². The average Bonchev–Trinajstić information content (AvgIpc) is 3.03. The van der Waals surface area contributed by atoms with Crippen LogP contribution in [0.4, 0.5) is 4.79 Å². The number of aryl methyl sites for hydroxylation is 2. The lowest BCUT2D eigenvalue weighted by Gasteiger charge is -2.24. The van der Waals surface area contributed by atoms with E-state index in [0.29, 0.717) is 6.54 Å². The normalized spacial score (nSPS) is 12.7. The van der Waals surface area contributed by atoms with Gasteiger partial charge in [-0.2, -0.15) is 0 Å². The summed E-state index contributed by atoms with van der Waals surface area (Å²) in [5, 5.41) is 12.9. The van der Waals surface area contributed by atoms with Crippen molar-refractivity contribution in [2.45, 2.75) is 78.4 Å². The number of unbranched alkanes of at least 4 members (excludes halogenated alkanes) is 1. The number of nitrogens with one attached hydrogen (secondary N) is 3. The Labute approximate surface area is 196 Å². The predicted molar refractivity (Wildman–Crippen MR) is 133 cm³/mol. The number of carbonyl (C=O) groups excluding carboxylic acids is 1. The zero-order valence-electron chi connectivity index (χ0n) is 18.6. The zero-order chi connectivity index (χ0) is 21.0. The third-order valence-corrected chi connectivity index (χ3v) is 4.92. The molecule has 29 heavy (non-hydrogen) atoms. The van der Waals surface area contributed by atoms with Gasteiger partial charge < -0.3 is 20.7 Å². The van der Waals surface area contributed by atoms with Gasteiger partial charge in [0.15, 0.2) is 5.96 Å². The molecule has 0 aliphatic rings. The van der Waals surface area contributed by atoms with Gasteiger partial charge in [-0.15, -0.1) is 35.3 Å². The molecule has 0 aliphatic heterocycles. The maximum absolute atomic E-state index is 11.9. The van der Waals surface area contributed by atoms with Crippen LogP contribution in [0.15, 0.2) is 10.4 Å². The molecular formula is C20H38IN5O2S. The van der Waals surface area contributed by atoms with E-state index in [1.165, 1.54) is 5.01 Å². The third-order valence-electron chi connectivity index (χ3n) is 3.89. The highest BCUT2D eigenvalue weighted by Crippen LogP contribution is 2.10. The Hall–Kier alpha value is -1.10. The van der Waals surface area contributed by atoms with Crippen LogP contribution < -0.4 is 16.0 Å². The van der Waals surface area contributed by atoms with E-state index in [1.807, 2.05) is 27.7 Å². The lowest BCUT2D eigenvalue weighted by molar-refractivity contribution is 0.0523. The van der Waals surface area contributed by atoms with Crippen LogP contribution in [0.2, 0.25) is 0 Å². The number of nitrogens with zero attached hydrogens (tertiary/aromatic N) is 2. The summed E-state index contributed by atoms with van der Waals surface area (Å²) in [5.41, 5.74) is 0.589. The molecule has 1 amide bonds. The second kappa shape index (κ2) is 14.8. The molecule has 9 heteroatoms. The van der Waals surface area contributed by atoms with Crippen molar-refractivity contribution < 1.29 is 9.53 Å². The first-order valence-electron chi connectivity index (χ1n) is 10.1. The van der Waals surface area contributed by atoms with Crippen molar-refractivity contribution in [1.82, 2.24) is 20.9 Å². The van der Waals surface area contributed by atoms with Crippen LogP contribution in [0.1, 0.15) is 64.1 Å². The van der Waals surface area contributed by atoms with Gasteiger partial charge in [0.1, 0.15) is 5.60 Å². The van der Waals surface area contributed by atoms with Gasteiger partial charge in [0, 0.05) is 43.7 Å². The number of halogens is 1. The zero-order valence-corrected chi connectivity index (χ0v) is 21.8. The first-order valence-corrected chi connectivity index (χ1v) is 11.0. The van der Waals surface area contributed by atoms with Gasteiger partial charge in [-0.25, -0.2) is 9.78 Å². The van der Waals surface area contributed by atoms with Crippen LogP contribution in [0, 0.1) is 6.92 Å². The van der Waals surface area contributed by atoms with Crippen molar-refractivity contribution in [1.29, 1.82) is 0 Å². The van der Waals surface area contributed by atoms with Crippen molar-refractivity contribution in [3.05, 3.63) is 16.1 Å². The number of ether oxygens (including phenoxy) is 1. The second-order valence-electron chi connectivity index (χ2n) is 7.85. The number of rotatable bonds is 10. The van der Waals surface area contributed by atoms with E-state index < -0.39 is 11.7 Å². The van der Waals surface area contributed by atoms with Gasteiger partial charge in [0.2, 0.25) is 0 Å². The molecule has 0 aliphatic carbocycles. The number of aromatic nitrogens is 1. The summed E-state index contributed by atoms with van der Waals surface area (Å²) in [6.07, 6.45) is 4.69. The predicted octanol–water partition coefficient (Wildman–Crippen LogP) is 4.25. The Morgan fingerprint density at radius 3 is 2.59 bits per heavy atom. The highest BCUT2D eigenvalue weighted by atomic mass is 127. The number of thiazole rings is 1. The van der Waals surface area contributed by atoms with E-state index in [0.717, 1.165) is 50.3 Å². The quantitative estimate of drug-likeness (QED) is 0.179. The average molecular weight is 540 g/mol. The minimum Gasteiger partial charge on any atom is -0.444 e. The van der Waals surface area contributed by atoms with Gasteiger partial charge in [-0.05, 0) is 40.5 Å². The Bertz CT molecular complexity index is 616. The number of aliphatic imine (C=N–C) groups is 1. The fourth-order valence-corrected chi connectivity index (χ4v) is 3.37. The van der Waals surface area contributed by atoms with Crippen LogP contribution in [-0.2, 0) is 11.2 Å². The molecule has 0 saturated heterocycles. The van der Waals surface area contributed by atoms with E-state index in [9.17, 15) is 4.79 Å². The molecule has 1 heterocycles. The molecule has 0 saturated carbocycles. The molecule has 1 rings (SSSR count). The fourth-order valence-electron chi connectivity index (χ4n) is 2.55. The Morgan fingerprint density at radius 2 is 2.03 bits per heavy atom. The van der Waals surface area contributed by atoms with Crippen LogP contribution in [-0.4, -0.2) is 48.8 Å². The van der Waals surface area contributed by atoms with Crippen molar-refractivity contribution in [3.8, 4) is 0 Å². The van der Waals surface area contributed by atoms with Gasteiger partial charge >= 0.3 is 6.09 Å². The molecule has 7 nitrogen and oxygen atoms in total. The molecule has 3 N–H and O–H groups in total. The van der Waals surface area contributed by atoms with Gasteiger partial charge in [0.05, 0.1) is 5.01 Å². The van der Waals surface area contributed by atoms with Crippen LogP contribution >= 0.6 is 35.3 Å². The number of hydrogen-bond donors (Lipinski definition) is 3. The molecule has 1 atom stereocenters. The molecule has 1 aromatic heterocycles. The van der Waals surface area contributed by atoms with Gasteiger partial charge in [-0.1, -0.05) is 19.8 Å². The minimum absolute atomic E-state index is 0. The maximum Gasteiger partial charge on any atom is 0.407 e. The number of alkyl carbamates (subject to hydrolysis) is 1. The lowest BCUT2D eigenvalue weighted by Crippen LogP contribution is -2.49. The second-order valence-corrected chi connectivity index (χ2v) is 8.79. The smallest absolute Gasteiger partial charge is 0.407 e. The topological polar surface area (TPSA) is 87.6 Å². The Morgan fingerprint density at radius 1 is 1.31 bits per heavy atom. The van der Waals surface area contributed by atoms with E-state index in [4.69, 9.17) is 4.74 Å². The van der Waals surface area contributed by atoms with E-state index >= 15 is 0 Å². The van der Waals surface area contributed by atoms with E-state index in [-0.39, 0.29) is 30.0 Å². The molecule has 0 radical (unpaired) electrons. The number of amides is 1. The van der Waals surface area contributed by atoms with Crippen LogP contribution in [0.5, 0.6) is 0 Å². The SMILES string of the molecule is CCCCC(CNC(=O)OC(C)(C)C)NC(=NC)NCCCc1nc(C)cs1.I. The van der Waals surface area contributed by atoms with Crippen molar-refractivity contribution in [2.24, 2.45) is 4.99 Å². The van der Waals surface area contributed by atoms with Crippen LogP contribution in [0.25, 0.3) is 0 Å². The summed E-state index contributed by atoms with van der Waals surface area (Å²) in [4.78, 5) is 20.7. The summed E-state index contributed by atoms with van der Waals surface area (Å²) < 4.78 is 5.32. The molecular weight excluding hydrogens is 501 g/mol. The highest BCUT2D eigenvalue weighted by molar-refractivity contribution is 14.0. The summed E-state index contributed by atoms with van der Waals surface area (Å²) in [6, 6.07) is 0.0975.